The van der Waals surface area contributed by atoms with E-state index < -0.39 is 12.0 Å². The zero-order valence-corrected chi connectivity index (χ0v) is 13.3. The minimum atomic E-state index is -0.583. The van der Waals surface area contributed by atoms with E-state index in [-0.39, 0.29) is 18.1 Å². The molecule has 0 aliphatic heterocycles. The fraction of sp³-hybridized carbons (Fsp3) is 0.312. The van der Waals surface area contributed by atoms with Crippen LogP contribution in [0, 0.1) is 13.8 Å². The van der Waals surface area contributed by atoms with Gasteiger partial charge in [-0.3, -0.25) is 5.32 Å². The minimum absolute atomic E-state index is 0.0248. The highest BCUT2D eigenvalue weighted by molar-refractivity contribution is 5.99. The number of aryl methyl sites for hydroxylation is 2. The number of amides is 2. The topological polar surface area (TPSA) is 93.5 Å². The normalized spacial score (nSPS) is 10.2. The SMILES string of the molecule is CCOC(=O)c1c(C)noc1NC(=O)NCc1ccccc1C. The first-order chi connectivity index (χ1) is 11.0. The summed E-state index contributed by atoms with van der Waals surface area (Å²) in [5.41, 5.74) is 2.56. The van der Waals surface area contributed by atoms with Gasteiger partial charge >= 0.3 is 12.0 Å². The number of urea groups is 1. The summed E-state index contributed by atoms with van der Waals surface area (Å²) in [5, 5.41) is 8.87. The molecule has 0 radical (unpaired) electrons. The number of nitrogens with zero attached hydrogens (tertiary/aromatic N) is 1. The Labute approximate surface area is 134 Å². The third kappa shape index (κ3) is 4.09. The third-order valence-corrected chi connectivity index (χ3v) is 3.27. The Morgan fingerprint density at radius 1 is 1.26 bits per heavy atom. The highest BCUT2D eigenvalue weighted by atomic mass is 16.5. The maximum atomic E-state index is 12.0. The number of carbonyl (C=O) groups excluding carboxylic acids is 2. The van der Waals surface area contributed by atoms with E-state index in [0.29, 0.717) is 12.2 Å². The van der Waals surface area contributed by atoms with Crippen LogP contribution >= 0.6 is 0 Å². The zero-order valence-electron chi connectivity index (χ0n) is 13.3. The zero-order chi connectivity index (χ0) is 16.8. The highest BCUT2D eigenvalue weighted by Crippen LogP contribution is 2.20. The molecule has 0 saturated carbocycles. The number of esters is 1. The van der Waals surface area contributed by atoms with Crippen LogP contribution < -0.4 is 10.6 Å². The molecule has 2 N–H and O–H groups in total. The molecule has 122 valence electrons. The summed E-state index contributed by atoms with van der Waals surface area (Å²) in [6.45, 7) is 5.85. The summed E-state index contributed by atoms with van der Waals surface area (Å²) < 4.78 is 9.91. The smallest absolute Gasteiger partial charge is 0.345 e. The van der Waals surface area contributed by atoms with Gasteiger partial charge in [-0.1, -0.05) is 29.4 Å². The number of rotatable bonds is 5. The van der Waals surface area contributed by atoms with Crippen LogP contribution in [0.5, 0.6) is 0 Å². The molecule has 0 bridgehead atoms. The van der Waals surface area contributed by atoms with E-state index in [4.69, 9.17) is 9.26 Å². The number of benzene rings is 1. The van der Waals surface area contributed by atoms with Gasteiger partial charge in [-0.15, -0.1) is 0 Å². The number of hydrogen-bond donors (Lipinski definition) is 2. The number of anilines is 1. The summed E-state index contributed by atoms with van der Waals surface area (Å²) in [6.07, 6.45) is 0. The first-order valence-corrected chi connectivity index (χ1v) is 7.25. The summed E-state index contributed by atoms with van der Waals surface area (Å²) in [6, 6.07) is 7.24. The van der Waals surface area contributed by atoms with Crippen molar-refractivity contribution >= 4 is 17.9 Å². The van der Waals surface area contributed by atoms with E-state index in [9.17, 15) is 9.59 Å². The van der Waals surface area contributed by atoms with Gasteiger partial charge in [-0.05, 0) is 31.9 Å². The average molecular weight is 317 g/mol. The molecule has 2 amide bonds. The van der Waals surface area contributed by atoms with E-state index in [1.54, 1.807) is 13.8 Å². The van der Waals surface area contributed by atoms with Crippen LogP contribution in [0.15, 0.2) is 28.8 Å². The maximum absolute atomic E-state index is 12.0. The monoisotopic (exact) mass is 317 g/mol. The molecular formula is C16H19N3O4. The molecule has 0 unspecified atom stereocenters. The van der Waals surface area contributed by atoms with Crippen LogP contribution in [0.2, 0.25) is 0 Å². The quantitative estimate of drug-likeness (QED) is 0.827. The molecule has 0 aliphatic carbocycles. The Morgan fingerprint density at radius 3 is 2.70 bits per heavy atom. The van der Waals surface area contributed by atoms with Crippen molar-refractivity contribution in [3.05, 3.63) is 46.6 Å². The van der Waals surface area contributed by atoms with Gasteiger partial charge in [-0.2, -0.15) is 0 Å². The summed E-state index contributed by atoms with van der Waals surface area (Å²) in [4.78, 5) is 23.8. The lowest BCUT2D eigenvalue weighted by atomic mass is 10.1. The van der Waals surface area contributed by atoms with Gasteiger partial charge in [0.2, 0.25) is 5.88 Å². The first-order valence-electron chi connectivity index (χ1n) is 7.25. The van der Waals surface area contributed by atoms with Gasteiger partial charge in [0.1, 0.15) is 5.56 Å². The van der Waals surface area contributed by atoms with Crippen LogP contribution in [-0.4, -0.2) is 23.8 Å². The second-order valence-corrected chi connectivity index (χ2v) is 4.93. The molecule has 0 spiro atoms. The standard InChI is InChI=1S/C16H19N3O4/c1-4-22-15(20)13-11(3)19-23-14(13)18-16(21)17-9-12-8-6-5-7-10(12)2/h5-8H,4,9H2,1-3H3,(H2,17,18,21). The van der Waals surface area contributed by atoms with Crippen molar-refractivity contribution in [1.82, 2.24) is 10.5 Å². The van der Waals surface area contributed by atoms with Crippen LogP contribution in [0.25, 0.3) is 0 Å². The van der Waals surface area contributed by atoms with Crippen LogP contribution in [0.4, 0.5) is 10.7 Å². The molecule has 2 rings (SSSR count). The molecule has 1 aromatic carbocycles. The number of aromatic nitrogens is 1. The highest BCUT2D eigenvalue weighted by Gasteiger charge is 2.23. The molecule has 0 atom stereocenters. The van der Waals surface area contributed by atoms with E-state index in [0.717, 1.165) is 11.1 Å². The molecule has 0 fully saturated rings. The number of nitrogens with one attached hydrogen (secondary N) is 2. The van der Waals surface area contributed by atoms with Crippen molar-refractivity contribution in [3.63, 3.8) is 0 Å². The van der Waals surface area contributed by atoms with Crippen molar-refractivity contribution in [2.24, 2.45) is 0 Å². The van der Waals surface area contributed by atoms with Gasteiger partial charge in [-0.25, -0.2) is 9.59 Å². The molecule has 23 heavy (non-hydrogen) atoms. The Kier molecular flexibility index (Phi) is 5.35. The summed E-state index contributed by atoms with van der Waals surface area (Å²) in [5.74, 6) is -0.608. The summed E-state index contributed by atoms with van der Waals surface area (Å²) in [7, 11) is 0. The Morgan fingerprint density at radius 2 is 2.00 bits per heavy atom. The Balaban J connectivity index is 2.01. The molecule has 7 heteroatoms. The van der Waals surface area contributed by atoms with Crippen molar-refractivity contribution < 1.29 is 18.8 Å². The van der Waals surface area contributed by atoms with Gasteiger partial charge in [0.05, 0.1) is 12.3 Å². The lowest BCUT2D eigenvalue weighted by Crippen LogP contribution is -2.29. The van der Waals surface area contributed by atoms with Crippen LogP contribution in [0.3, 0.4) is 0 Å². The lowest BCUT2D eigenvalue weighted by Gasteiger charge is -2.08. The van der Waals surface area contributed by atoms with E-state index in [2.05, 4.69) is 15.8 Å². The van der Waals surface area contributed by atoms with E-state index in [1.165, 1.54) is 0 Å². The van der Waals surface area contributed by atoms with E-state index >= 15 is 0 Å². The first kappa shape index (κ1) is 16.5. The van der Waals surface area contributed by atoms with Crippen molar-refractivity contribution in [2.75, 3.05) is 11.9 Å². The average Bonchev–Trinajstić information content (AvgIpc) is 2.87. The Bertz CT molecular complexity index is 709. The number of hydrogen-bond acceptors (Lipinski definition) is 5. The maximum Gasteiger partial charge on any atom is 0.345 e. The molecule has 2 aromatic rings. The predicted octanol–water partition coefficient (Wildman–Crippen LogP) is 2.79. The molecule has 0 saturated heterocycles. The van der Waals surface area contributed by atoms with Crippen molar-refractivity contribution in [3.8, 4) is 0 Å². The second kappa shape index (κ2) is 7.44. The van der Waals surface area contributed by atoms with Gasteiger partial charge in [0, 0.05) is 6.54 Å². The van der Waals surface area contributed by atoms with Crippen molar-refractivity contribution in [2.45, 2.75) is 27.3 Å². The minimum Gasteiger partial charge on any atom is -0.462 e. The van der Waals surface area contributed by atoms with Crippen LogP contribution in [0.1, 0.15) is 34.1 Å². The lowest BCUT2D eigenvalue weighted by molar-refractivity contribution is 0.0526. The fourth-order valence-electron chi connectivity index (χ4n) is 2.03. The second-order valence-electron chi connectivity index (χ2n) is 4.93. The largest absolute Gasteiger partial charge is 0.462 e. The summed E-state index contributed by atoms with van der Waals surface area (Å²) >= 11 is 0. The number of carbonyl (C=O) groups is 2. The molecule has 1 heterocycles. The van der Waals surface area contributed by atoms with Crippen LogP contribution in [-0.2, 0) is 11.3 Å². The fourth-order valence-corrected chi connectivity index (χ4v) is 2.03. The van der Waals surface area contributed by atoms with Gasteiger partial charge in [0.25, 0.3) is 0 Å². The number of ether oxygens (including phenoxy) is 1. The van der Waals surface area contributed by atoms with Gasteiger partial charge in [0.15, 0.2) is 0 Å². The molecular weight excluding hydrogens is 298 g/mol. The predicted molar refractivity (Wildman–Crippen MR) is 84.2 cm³/mol. The van der Waals surface area contributed by atoms with E-state index in [1.807, 2.05) is 31.2 Å². The Hall–Kier alpha value is -2.83. The molecule has 0 aliphatic rings. The third-order valence-electron chi connectivity index (χ3n) is 3.27. The molecule has 1 aromatic heterocycles. The van der Waals surface area contributed by atoms with Gasteiger partial charge < -0.3 is 14.6 Å². The van der Waals surface area contributed by atoms with Crippen molar-refractivity contribution in [1.29, 1.82) is 0 Å². The molecule has 7 nitrogen and oxygen atoms in total.